The van der Waals surface area contributed by atoms with Gasteiger partial charge in [0.25, 0.3) is 20.2 Å². The zero-order valence-electron chi connectivity index (χ0n) is 9.66. The molecule has 0 unspecified atom stereocenters. The van der Waals surface area contributed by atoms with Gasteiger partial charge in [0.15, 0.2) is 0 Å². The Labute approximate surface area is 108 Å². The fourth-order valence-electron chi connectivity index (χ4n) is 0.923. The highest BCUT2D eigenvalue weighted by Gasteiger charge is 2.13. The summed E-state index contributed by atoms with van der Waals surface area (Å²) in [5.74, 6) is 3.47. The van der Waals surface area contributed by atoms with Crippen LogP contribution in [0.2, 0.25) is 0 Å². The molecular formula is C10H14O6S2. The first kappa shape index (κ1) is 16.9. The molecule has 0 aromatic rings. The summed E-state index contributed by atoms with van der Waals surface area (Å²) in [5, 5.41) is 0. The zero-order chi connectivity index (χ0) is 14.1. The van der Waals surface area contributed by atoms with Gasteiger partial charge in [-0.25, -0.2) is 0 Å². The first-order valence-corrected chi connectivity index (χ1v) is 8.09. The normalized spacial score (nSPS) is 11.7. The van der Waals surface area contributed by atoms with Crippen LogP contribution in [0.25, 0.3) is 0 Å². The van der Waals surface area contributed by atoms with Gasteiger partial charge in [0.2, 0.25) is 0 Å². The lowest BCUT2D eigenvalue weighted by Gasteiger charge is -2.04. The van der Waals surface area contributed by atoms with E-state index in [1.807, 2.05) is 11.8 Å². The molecule has 8 heteroatoms. The molecule has 0 aromatic carbocycles. The fourth-order valence-corrected chi connectivity index (χ4v) is 2.77. The zero-order valence-corrected chi connectivity index (χ0v) is 11.3. The minimum absolute atomic E-state index is 0.131. The maximum absolute atomic E-state index is 11.2. The lowest BCUT2D eigenvalue weighted by atomic mass is 10.4. The van der Waals surface area contributed by atoms with E-state index < -0.39 is 20.2 Å². The van der Waals surface area contributed by atoms with E-state index in [2.05, 4.69) is 8.37 Å². The van der Waals surface area contributed by atoms with Crippen molar-refractivity contribution in [1.29, 1.82) is 0 Å². The highest BCUT2D eigenvalue weighted by atomic mass is 32.2. The summed E-state index contributed by atoms with van der Waals surface area (Å²) in [6, 6.07) is 0. The third kappa shape index (κ3) is 9.02. The molecule has 0 rings (SSSR count). The highest BCUT2D eigenvalue weighted by Crippen LogP contribution is 2.03. The van der Waals surface area contributed by atoms with Crippen molar-refractivity contribution in [2.24, 2.45) is 0 Å². The van der Waals surface area contributed by atoms with Gasteiger partial charge < -0.3 is 0 Å². The minimum Gasteiger partial charge on any atom is -0.257 e. The molecule has 0 N–H and O–H groups in total. The van der Waals surface area contributed by atoms with Crippen LogP contribution >= 0.6 is 0 Å². The summed E-state index contributed by atoms with van der Waals surface area (Å²) < 4.78 is 53.5. The van der Waals surface area contributed by atoms with Gasteiger partial charge in [0, 0.05) is 0 Å². The van der Waals surface area contributed by atoms with E-state index >= 15 is 0 Å². The molecule has 0 spiro atoms. The van der Waals surface area contributed by atoms with Crippen molar-refractivity contribution in [2.75, 3.05) is 24.7 Å². The summed E-state index contributed by atoms with van der Waals surface area (Å²) >= 11 is 0. The quantitative estimate of drug-likeness (QED) is 0.330. The second-order valence-corrected chi connectivity index (χ2v) is 6.68. The maximum Gasteiger partial charge on any atom is 0.268 e. The van der Waals surface area contributed by atoms with Crippen LogP contribution in [0.15, 0.2) is 0 Å². The van der Waals surface area contributed by atoms with Crippen LogP contribution in [-0.4, -0.2) is 41.6 Å². The highest BCUT2D eigenvalue weighted by molar-refractivity contribution is 7.87. The topological polar surface area (TPSA) is 86.7 Å². The average molecular weight is 294 g/mol. The summed E-state index contributed by atoms with van der Waals surface area (Å²) in [5.41, 5.74) is 0. The number of hydrogen-bond donors (Lipinski definition) is 0. The second kappa shape index (κ2) is 8.11. The molecule has 0 aliphatic heterocycles. The lowest BCUT2D eigenvalue weighted by Crippen LogP contribution is -2.14. The van der Waals surface area contributed by atoms with Gasteiger partial charge in [-0.3, -0.25) is 8.37 Å². The van der Waals surface area contributed by atoms with Gasteiger partial charge in [-0.05, 0) is 12.8 Å². The molecule has 0 aliphatic rings. The lowest BCUT2D eigenvalue weighted by molar-refractivity contribution is 0.358. The Hall–Kier alpha value is -1.06. The fraction of sp³-hybridized carbons (Fsp3) is 0.600. The number of unbranched alkanes of at least 4 members (excludes halogenated alkanes) is 1. The van der Waals surface area contributed by atoms with Crippen LogP contribution in [0.4, 0.5) is 0 Å². The molecule has 0 amide bonds. The van der Waals surface area contributed by atoms with E-state index in [4.69, 9.17) is 12.8 Å². The Morgan fingerprint density at radius 1 is 0.778 bits per heavy atom. The van der Waals surface area contributed by atoms with Crippen LogP contribution in [0.5, 0.6) is 0 Å². The summed E-state index contributed by atoms with van der Waals surface area (Å²) in [4.78, 5) is 0. The third-order valence-electron chi connectivity index (χ3n) is 1.68. The molecule has 0 atom stereocenters. The maximum atomic E-state index is 11.2. The minimum atomic E-state index is -3.69. The number of terminal acetylenes is 2. The predicted molar refractivity (Wildman–Crippen MR) is 66.4 cm³/mol. The van der Waals surface area contributed by atoms with E-state index in [0.717, 1.165) is 0 Å². The second-order valence-electron chi connectivity index (χ2n) is 3.16. The molecule has 0 radical (unpaired) electrons. The smallest absolute Gasteiger partial charge is 0.257 e. The molecule has 6 nitrogen and oxygen atoms in total. The van der Waals surface area contributed by atoms with E-state index in [1.54, 1.807) is 0 Å². The van der Waals surface area contributed by atoms with E-state index in [1.165, 1.54) is 0 Å². The summed E-state index contributed by atoms with van der Waals surface area (Å²) in [7, 11) is -7.38. The molecule has 0 saturated carbocycles. The van der Waals surface area contributed by atoms with Gasteiger partial charge in [0.05, 0.1) is 11.5 Å². The Morgan fingerprint density at radius 2 is 1.11 bits per heavy atom. The molecule has 0 fully saturated rings. The van der Waals surface area contributed by atoms with E-state index in [9.17, 15) is 16.8 Å². The standard InChI is InChI=1S/C10H14O6S2/c1-3-7-15-17(11,12)9-5-6-10-18(13,14)16-8-4-2/h1-2H,5-10H2. The van der Waals surface area contributed by atoms with Crippen LogP contribution in [-0.2, 0) is 28.6 Å². The molecule has 0 bridgehead atoms. The van der Waals surface area contributed by atoms with Crippen LogP contribution < -0.4 is 0 Å². The van der Waals surface area contributed by atoms with Crippen molar-refractivity contribution in [1.82, 2.24) is 0 Å². The predicted octanol–water partition coefficient (Wildman–Crippen LogP) is -0.274. The van der Waals surface area contributed by atoms with Gasteiger partial charge in [0.1, 0.15) is 13.2 Å². The van der Waals surface area contributed by atoms with Crippen molar-refractivity contribution in [3.63, 3.8) is 0 Å². The Balaban J connectivity index is 3.94. The molecular weight excluding hydrogens is 280 g/mol. The van der Waals surface area contributed by atoms with Gasteiger partial charge in [-0.2, -0.15) is 16.8 Å². The van der Waals surface area contributed by atoms with E-state index in [0.29, 0.717) is 0 Å². The van der Waals surface area contributed by atoms with Crippen molar-refractivity contribution in [3.8, 4) is 24.7 Å². The Bertz CT molecular complexity index is 468. The summed E-state index contributed by atoms with van der Waals surface area (Å²) in [6.07, 6.45) is 9.95. The number of hydrogen-bond acceptors (Lipinski definition) is 6. The third-order valence-corrected chi connectivity index (χ3v) is 4.21. The van der Waals surface area contributed by atoms with Crippen LogP contribution in [0, 0.1) is 24.7 Å². The Kier molecular flexibility index (Phi) is 7.64. The summed E-state index contributed by atoms with van der Waals surface area (Å²) in [6.45, 7) is -0.655. The largest absolute Gasteiger partial charge is 0.268 e. The van der Waals surface area contributed by atoms with Gasteiger partial charge >= 0.3 is 0 Å². The van der Waals surface area contributed by atoms with Crippen LogP contribution in [0.1, 0.15) is 12.8 Å². The first-order chi connectivity index (χ1) is 8.33. The van der Waals surface area contributed by atoms with Crippen molar-refractivity contribution in [3.05, 3.63) is 0 Å². The SMILES string of the molecule is C#CCOS(=O)(=O)CCCCS(=O)(=O)OCC#C. The van der Waals surface area contributed by atoms with Gasteiger partial charge in [-0.1, -0.05) is 11.8 Å². The van der Waals surface area contributed by atoms with Crippen LogP contribution in [0.3, 0.4) is 0 Å². The monoisotopic (exact) mass is 294 g/mol. The molecule has 102 valence electrons. The van der Waals surface area contributed by atoms with Crippen molar-refractivity contribution in [2.45, 2.75) is 12.8 Å². The Morgan fingerprint density at radius 3 is 1.39 bits per heavy atom. The van der Waals surface area contributed by atoms with E-state index in [-0.39, 0.29) is 37.6 Å². The number of rotatable bonds is 9. The molecule has 0 heterocycles. The average Bonchev–Trinajstić information content (AvgIpc) is 2.30. The molecule has 0 saturated heterocycles. The van der Waals surface area contributed by atoms with Crippen molar-refractivity contribution >= 4 is 20.2 Å². The molecule has 0 aromatic heterocycles. The van der Waals surface area contributed by atoms with Crippen molar-refractivity contribution < 1.29 is 25.2 Å². The van der Waals surface area contributed by atoms with Gasteiger partial charge in [-0.15, -0.1) is 12.8 Å². The molecule has 18 heavy (non-hydrogen) atoms. The molecule has 0 aliphatic carbocycles. The first-order valence-electron chi connectivity index (χ1n) is 4.94.